The van der Waals surface area contributed by atoms with Crippen LogP contribution in [0.5, 0.6) is 5.88 Å². The molecular formula is C23H27FN6O2. The average Bonchev–Trinajstić information content (AvgIpc) is 3.64. The number of hydrogen-bond donors (Lipinski definition) is 1. The fraction of sp³-hybridized carbons (Fsp3) is 0.478. The van der Waals surface area contributed by atoms with Crippen molar-refractivity contribution in [2.45, 2.75) is 51.2 Å². The number of benzene rings is 1. The number of carbonyl (C=O) groups is 1. The van der Waals surface area contributed by atoms with Crippen LogP contribution < -0.4 is 15.0 Å². The lowest BCUT2D eigenvalue weighted by molar-refractivity contribution is 0.160. The van der Waals surface area contributed by atoms with E-state index in [0.29, 0.717) is 35.1 Å². The first-order valence-corrected chi connectivity index (χ1v) is 10.9. The van der Waals surface area contributed by atoms with E-state index >= 15 is 0 Å². The Bertz CT molecular complexity index is 1040. The fourth-order valence-corrected chi connectivity index (χ4v) is 4.20. The normalized spacial score (nSPS) is 18.1. The van der Waals surface area contributed by atoms with E-state index in [4.69, 9.17) is 10.00 Å². The van der Waals surface area contributed by atoms with Gasteiger partial charge < -0.3 is 19.9 Å². The van der Waals surface area contributed by atoms with Crippen LogP contribution in [0.25, 0.3) is 0 Å². The number of nitrogens with one attached hydrogen (secondary N) is 1. The van der Waals surface area contributed by atoms with Crippen molar-refractivity contribution < 1.29 is 13.9 Å². The minimum atomic E-state index is -0.482. The standard InChI is InChI=1S/C23H27FN6O2/c1-15-10-17(20(24)11-16(15)12-25)13-27-23(31)30(18-5-6-18)19-4-3-9-29(14-19)22-26-8-7-21(28-22)32-2/h7-8,10-11,18-19H,3-6,9,13-14H2,1-2H3,(H,27,31)/t19-/m1/s1. The first-order valence-electron chi connectivity index (χ1n) is 10.9. The van der Waals surface area contributed by atoms with Gasteiger partial charge in [-0.2, -0.15) is 10.2 Å². The van der Waals surface area contributed by atoms with Crippen molar-refractivity contribution in [1.82, 2.24) is 20.2 Å². The van der Waals surface area contributed by atoms with Crippen LogP contribution in [0.1, 0.15) is 42.4 Å². The van der Waals surface area contributed by atoms with Gasteiger partial charge in [-0.15, -0.1) is 0 Å². The van der Waals surface area contributed by atoms with Crippen molar-refractivity contribution in [3.8, 4) is 11.9 Å². The topological polar surface area (TPSA) is 94.4 Å². The third-order valence-electron chi connectivity index (χ3n) is 6.02. The third-order valence-corrected chi connectivity index (χ3v) is 6.02. The van der Waals surface area contributed by atoms with Crippen molar-refractivity contribution in [3.05, 3.63) is 46.9 Å². The van der Waals surface area contributed by atoms with E-state index in [-0.39, 0.29) is 24.7 Å². The van der Waals surface area contributed by atoms with Crippen molar-refractivity contribution in [2.75, 3.05) is 25.1 Å². The average molecular weight is 439 g/mol. The number of amides is 2. The molecule has 8 nitrogen and oxygen atoms in total. The molecule has 2 amide bonds. The molecule has 1 aliphatic carbocycles. The number of aromatic nitrogens is 2. The van der Waals surface area contributed by atoms with Crippen molar-refractivity contribution in [1.29, 1.82) is 5.26 Å². The molecule has 9 heteroatoms. The molecule has 0 radical (unpaired) electrons. The zero-order valence-electron chi connectivity index (χ0n) is 18.3. The first kappa shape index (κ1) is 21.8. The molecule has 1 saturated carbocycles. The van der Waals surface area contributed by atoms with Gasteiger partial charge in [0.1, 0.15) is 5.82 Å². The van der Waals surface area contributed by atoms with Gasteiger partial charge in [0, 0.05) is 43.5 Å². The molecule has 168 valence electrons. The number of ether oxygens (including phenoxy) is 1. The van der Waals surface area contributed by atoms with Crippen molar-refractivity contribution in [3.63, 3.8) is 0 Å². The summed E-state index contributed by atoms with van der Waals surface area (Å²) in [7, 11) is 1.57. The number of methoxy groups -OCH3 is 1. The molecule has 1 N–H and O–H groups in total. The Morgan fingerprint density at radius 2 is 2.19 bits per heavy atom. The summed E-state index contributed by atoms with van der Waals surface area (Å²) in [4.78, 5) is 25.9. The monoisotopic (exact) mass is 438 g/mol. The zero-order valence-corrected chi connectivity index (χ0v) is 18.3. The number of urea groups is 1. The lowest BCUT2D eigenvalue weighted by Gasteiger charge is -2.39. The number of rotatable bonds is 6. The Hall–Kier alpha value is -3.41. The summed E-state index contributed by atoms with van der Waals surface area (Å²) in [6.45, 7) is 3.30. The quantitative estimate of drug-likeness (QED) is 0.745. The summed E-state index contributed by atoms with van der Waals surface area (Å²) in [5.74, 6) is 0.624. The van der Waals surface area contributed by atoms with E-state index in [0.717, 1.165) is 32.2 Å². The van der Waals surface area contributed by atoms with E-state index in [1.807, 2.05) is 11.0 Å². The fourth-order valence-electron chi connectivity index (χ4n) is 4.20. The molecule has 2 heterocycles. The zero-order chi connectivity index (χ0) is 22.7. The second-order valence-electron chi connectivity index (χ2n) is 8.31. The van der Waals surface area contributed by atoms with E-state index < -0.39 is 5.82 Å². The molecule has 2 aliphatic rings. The number of piperidine rings is 1. The number of nitriles is 1. The van der Waals surface area contributed by atoms with Gasteiger partial charge in [0.15, 0.2) is 0 Å². The van der Waals surface area contributed by atoms with Crippen LogP contribution >= 0.6 is 0 Å². The van der Waals surface area contributed by atoms with Crippen molar-refractivity contribution >= 4 is 12.0 Å². The maximum atomic E-state index is 14.3. The Labute approximate surface area is 187 Å². The predicted octanol–water partition coefficient (Wildman–Crippen LogP) is 3.15. The smallest absolute Gasteiger partial charge is 0.318 e. The van der Waals surface area contributed by atoms with Crippen LogP contribution in [0.2, 0.25) is 0 Å². The summed E-state index contributed by atoms with van der Waals surface area (Å²) in [5.41, 5.74) is 1.37. The van der Waals surface area contributed by atoms with Crippen LogP contribution in [-0.2, 0) is 6.54 Å². The van der Waals surface area contributed by atoms with E-state index in [2.05, 4.69) is 20.2 Å². The number of anilines is 1. The Morgan fingerprint density at radius 3 is 2.91 bits per heavy atom. The lowest BCUT2D eigenvalue weighted by Crippen LogP contribution is -2.54. The Morgan fingerprint density at radius 1 is 1.38 bits per heavy atom. The molecule has 1 atom stereocenters. The van der Waals surface area contributed by atoms with Gasteiger partial charge >= 0.3 is 6.03 Å². The Kier molecular flexibility index (Phi) is 6.40. The van der Waals surface area contributed by atoms with Crippen LogP contribution in [0.4, 0.5) is 15.1 Å². The molecule has 1 saturated heterocycles. The summed E-state index contributed by atoms with van der Waals surface area (Å²) in [6.07, 6.45) is 5.44. The summed E-state index contributed by atoms with van der Waals surface area (Å²) in [6, 6.07) is 6.58. The lowest BCUT2D eigenvalue weighted by atomic mass is 10.0. The number of nitrogens with zero attached hydrogens (tertiary/aromatic N) is 5. The van der Waals surface area contributed by atoms with E-state index in [1.54, 1.807) is 32.4 Å². The number of hydrogen-bond acceptors (Lipinski definition) is 6. The summed E-state index contributed by atoms with van der Waals surface area (Å²) < 4.78 is 19.6. The molecule has 2 aromatic rings. The summed E-state index contributed by atoms with van der Waals surface area (Å²) in [5, 5.41) is 11.9. The number of carbonyl (C=O) groups excluding carboxylic acids is 1. The minimum absolute atomic E-state index is 0.0265. The van der Waals surface area contributed by atoms with Gasteiger partial charge in [-0.25, -0.2) is 14.2 Å². The van der Waals surface area contributed by atoms with Crippen LogP contribution in [0, 0.1) is 24.1 Å². The molecular weight excluding hydrogens is 411 g/mol. The largest absolute Gasteiger partial charge is 0.481 e. The molecule has 4 rings (SSSR count). The molecule has 0 unspecified atom stereocenters. The maximum absolute atomic E-state index is 14.3. The molecule has 1 aromatic carbocycles. The van der Waals surface area contributed by atoms with Gasteiger partial charge in [0.05, 0.1) is 24.8 Å². The number of aryl methyl sites for hydroxylation is 1. The maximum Gasteiger partial charge on any atom is 0.318 e. The van der Waals surface area contributed by atoms with Gasteiger partial charge in [-0.3, -0.25) is 0 Å². The molecule has 32 heavy (non-hydrogen) atoms. The highest BCUT2D eigenvalue weighted by Crippen LogP contribution is 2.32. The molecule has 0 bridgehead atoms. The van der Waals surface area contributed by atoms with Gasteiger partial charge in [-0.05, 0) is 44.2 Å². The van der Waals surface area contributed by atoms with E-state index in [9.17, 15) is 9.18 Å². The number of halogens is 1. The molecule has 0 spiro atoms. The van der Waals surface area contributed by atoms with Crippen LogP contribution in [0.3, 0.4) is 0 Å². The van der Waals surface area contributed by atoms with Crippen molar-refractivity contribution in [2.24, 2.45) is 0 Å². The van der Waals surface area contributed by atoms with Gasteiger partial charge in [0.25, 0.3) is 0 Å². The third kappa shape index (κ3) is 4.74. The highest BCUT2D eigenvalue weighted by molar-refractivity contribution is 5.75. The molecule has 2 fully saturated rings. The summed E-state index contributed by atoms with van der Waals surface area (Å²) >= 11 is 0. The highest BCUT2D eigenvalue weighted by atomic mass is 19.1. The Balaban J connectivity index is 1.44. The molecule has 1 aliphatic heterocycles. The molecule has 1 aromatic heterocycles. The van der Waals surface area contributed by atoms with E-state index in [1.165, 1.54) is 6.07 Å². The van der Waals surface area contributed by atoms with Gasteiger partial charge in [0.2, 0.25) is 11.8 Å². The minimum Gasteiger partial charge on any atom is -0.481 e. The second-order valence-corrected chi connectivity index (χ2v) is 8.31. The van der Waals surface area contributed by atoms with Gasteiger partial charge in [-0.1, -0.05) is 6.07 Å². The van der Waals surface area contributed by atoms with Crippen LogP contribution in [0.15, 0.2) is 24.4 Å². The second kappa shape index (κ2) is 9.39. The van der Waals surface area contributed by atoms with Crippen LogP contribution in [-0.4, -0.2) is 53.2 Å². The first-order chi connectivity index (χ1) is 15.5. The highest BCUT2D eigenvalue weighted by Gasteiger charge is 2.39. The predicted molar refractivity (Wildman–Crippen MR) is 117 cm³/mol. The SMILES string of the molecule is COc1ccnc(N2CCC[C@@H](N(C(=O)NCc3cc(C)c(C#N)cc3F)C3CC3)C2)n1.